The van der Waals surface area contributed by atoms with E-state index < -0.39 is 5.60 Å². The highest BCUT2D eigenvalue weighted by atomic mass is 16.5. The molecule has 0 radical (unpaired) electrons. The van der Waals surface area contributed by atoms with Crippen molar-refractivity contribution in [2.75, 3.05) is 25.5 Å². The van der Waals surface area contributed by atoms with Gasteiger partial charge in [-0.3, -0.25) is 14.5 Å². The first kappa shape index (κ1) is 24.9. The number of hydrogen-bond donors (Lipinski definition) is 3. The highest BCUT2D eigenvalue weighted by Gasteiger charge is 2.30. The summed E-state index contributed by atoms with van der Waals surface area (Å²) in [6, 6.07) is 21.2. The predicted molar refractivity (Wildman–Crippen MR) is 146 cm³/mol. The second-order valence-corrected chi connectivity index (χ2v) is 8.82. The number of rotatable bonds is 8. The van der Waals surface area contributed by atoms with Gasteiger partial charge in [-0.15, -0.1) is 0 Å². The van der Waals surface area contributed by atoms with Gasteiger partial charge in [-0.1, -0.05) is 60.7 Å². The van der Waals surface area contributed by atoms with Crippen LogP contribution in [-0.4, -0.2) is 51.9 Å². The second kappa shape index (κ2) is 10.7. The maximum Gasteiger partial charge on any atom is 0.278 e. The minimum atomic E-state index is -0.750. The fraction of sp³-hybridized carbons (Fsp3) is 0.172. The molecule has 2 aromatic carbocycles. The number of amides is 2. The summed E-state index contributed by atoms with van der Waals surface area (Å²) >= 11 is 0. The van der Waals surface area contributed by atoms with Gasteiger partial charge in [0.2, 0.25) is 5.91 Å². The van der Waals surface area contributed by atoms with Gasteiger partial charge in [0.1, 0.15) is 22.8 Å². The number of fused-ring (bicyclic) bond motifs is 1. The van der Waals surface area contributed by atoms with E-state index in [0.29, 0.717) is 41.5 Å². The van der Waals surface area contributed by atoms with Crippen molar-refractivity contribution in [3.05, 3.63) is 103 Å². The summed E-state index contributed by atoms with van der Waals surface area (Å²) in [6.07, 6.45) is 7.12. The number of carbonyl (C=O) groups excluding carboxylic acids is 2. The maximum absolute atomic E-state index is 13.4. The zero-order chi connectivity index (χ0) is 26.5. The Hall–Kier alpha value is -4.76. The van der Waals surface area contributed by atoms with E-state index >= 15 is 0 Å². The first-order valence-corrected chi connectivity index (χ1v) is 12.3. The van der Waals surface area contributed by atoms with Crippen molar-refractivity contribution in [3.8, 4) is 11.4 Å². The standard InChI is InChI=1S/C29H28N6O3/c1-20(36)30-15-16-31-26-23-19-24(32-27(23)34-25(33-26)21-9-5-3-6-10-21)28(37)35-17-13-29(38-2,14-18-35)22-11-7-4-8-12-22/h3-14,17-19H,15-16H2,1-2H3,(H,30,36)(H2,31,32,33,34). The van der Waals surface area contributed by atoms with E-state index in [1.807, 2.05) is 72.8 Å². The summed E-state index contributed by atoms with van der Waals surface area (Å²) in [5.41, 5.74) is 1.96. The van der Waals surface area contributed by atoms with Crippen molar-refractivity contribution in [3.63, 3.8) is 0 Å². The van der Waals surface area contributed by atoms with E-state index in [1.54, 1.807) is 25.6 Å². The van der Waals surface area contributed by atoms with E-state index in [0.717, 1.165) is 11.1 Å². The molecule has 38 heavy (non-hydrogen) atoms. The first-order chi connectivity index (χ1) is 18.5. The number of methoxy groups -OCH3 is 1. The van der Waals surface area contributed by atoms with Gasteiger partial charge in [0.15, 0.2) is 5.82 Å². The molecule has 0 bridgehead atoms. The molecule has 0 aliphatic carbocycles. The number of nitrogens with one attached hydrogen (secondary N) is 3. The molecule has 0 fully saturated rings. The summed E-state index contributed by atoms with van der Waals surface area (Å²) in [5, 5.41) is 6.70. The lowest BCUT2D eigenvalue weighted by Gasteiger charge is -2.31. The SMILES string of the molecule is COC1(c2ccccc2)C=CN(C(=O)c2cc3c(NCCNC(C)=O)nc(-c4ccccc4)nc3[nH]2)C=C1. The molecule has 2 aromatic heterocycles. The fourth-order valence-corrected chi connectivity index (χ4v) is 4.30. The lowest BCUT2D eigenvalue weighted by Crippen LogP contribution is -2.31. The van der Waals surface area contributed by atoms with E-state index in [-0.39, 0.29) is 11.8 Å². The molecule has 192 valence electrons. The van der Waals surface area contributed by atoms with Crippen LogP contribution in [0.25, 0.3) is 22.4 Å². The van der Waals surface area contributed by atoms with Crippen LogP contribution in [0.2, 0.25) is 0 Å². The summed E-state index contributed by atoms with van der Waals surface area (Å²) in [6.45, 7) is 2.37. The number of H-pyrrole nitrogens is 1. The molecular weight excluding hydrogens is 480 g/mol. The van der Waals surface area contributed by atoms with Crippen molar-refractivity contribution >= 4 is 28.7 Å². The lowest BCUT2D eigenvalue weighted by molar-refractivity contribution is -0.118. The number of benzene rings is 2. The van der Waals surface area contributed by atoms with Crippen LogP contribution in [0, 0.1) is 0 Å². The van der Waals surface area contributed by atoms with Crippen LogP contribution >= 0.6 is 0 Å². The number of carbonyl (C=O) groups is 2. The number of aromatic amines is 1. The van der Waals surface area contributed by atoms with Crippen LogP contribution in [0.15, 0.2) is 91.3 Å². The molecule has 0 spiro atoms. The maximum atomic E-state index is 13.4. The average Bonchev–Trinajstić information content (AvgIpc) is 3.40. The van der Waals surface area contributed by atoms with Gasteiger partial charge in [0.05, 0.1) is 5.39 Å². The van der Waals surface area contributed by atoms with Gasteiger partial charge in [-0.05, 0) is 23.8 Å². The zero-order valence-electron chi connectivity index (χ0n) is 21.1. The predicted octanol–water partition coefficient (Wildman–Crippen LogP) is 4.20. The molecule has 5 rings (SSSR count). The molecule has 2 amide bonds. The Kier molecular flexibility index (Phi) is 7.01. The van der Waals surface area contributed by atoms with Crippen molar-refractivity contribution < 1.29 is 14.3 Å². The highest BCUT2D eigenvalue weighted by molar-refractivity contribution is 6.01. The molecule has 9 heteroatoms. The van der Waals surface area contributed by atoms with Gasteiger partial charge >= 0.3 is 0 Å². The third kappa shape index (κ3) is 5.05. The normalized spacial score (nSPS) is 14.0. The monoisotopic (exact) mass is 508 g/mol. The van der Waals surface area contributed by atoms with Crippen LogP contribution in [0.3, 0.4) is 0 Å². The Labute approximate surface area is 220 Å². The van der Waals surface area contributed by atoms with Crippen molar-refractivity contribution in [2.24, 2.45) is 0 Å². The van der Waals surface area contributed by atoms with Gasteiger partial charge in [-0.25, -0.2) is 9.97 Å². The van der Waals surface area contributed by atoms with E-state index in [2.05, 4.69) is 20.6 Å². The number of anilines is 1. The van der Waals surface area contributed by atoms with E-state index in [1.165, 1.54) is 11.8 Å². The quantitative estimate of drug-likeness (QED) is 0.308. The summed E-state index contributed by atoms with van der Waals surface area (Å²) in [5.74, 6) is 0.735. The van der Waals surface area contributed by atoms with Crippen molar-refractivity contribution in [1.82, 2.24) is 25.2 Å². The smallest absolute Gasteiger partial charge is 0.278 e. The Morgan fingerprint density at radius 2 is 1.66 bits per heavy atom. The van der Waals surface area contributed by atoms with Crippen LogP contribution in [0.4, 0.5) is 5.82 Å². The summed E-state index contributed by atoms with van der Waals surface area (Å²) < 4.78 is 5.81. The van der Waals surface area contributed by atoms with Crippen molar-refractivity contribution in [2.45, 2.75) is 12.5 Å². The lowest BCUT2D eigenvalue weighted by atomic mass is 9.92. The molecule has 1 aliphatic heterocycles. The Morgan fingerprint density at radius 3 is 2.32 bits per heavy atom. The molecule has 3 heterocycles. The fourth-order valence-electron chi connectivity index (χ4n) is 4.30. The largest absolute Gasteiger partial charge is 0.368 e. The zero-order valence-corrected chi connectivity index (χ0v) is 21.1. The first-order valence-electron chi connectivity index (χ1n) is 12.3. The molecule has 9 nitrogen and oxygen atoms in total. The third-order valence-corrected chi connectivity index (χ3v) is 6.30. The molecule has 3 N–H and O–H groups in total. The van der Waals surface area contributed by atoms with Crippen LogP contribution in [-0.2, 0) is 15.1 Å². The highest BCUT2D eigenvalue weighted by Crippen LogP contribution is 2.32. The Morgan fingerprint density at radius 1 is 0.974 bits per heavy atom. The Bertz CT molecular complexity index is 1500. The number of ether oxygens (including phenoxy) is 1. The minimum Gasteiger partial charge on any atom is -0.368 e. The molecule has 4 aromatic rings. The van der Waals surface area contributed by atoms with Crippen LogP contribution in [0.5, 0.6) is 0 Å². The van der Waals surface area contributed by atoms with E-state index in [9.17, 15) is 9.59 Å². The minimum absolute atomic E-state index is 0.105. The molecule has 1 aliphatic rings. The average molecular weight is 509 g/mol. The van der Waals surface area contributed by atoms with Gasteiger partial charge in [-0.2, -0.15) is 0 Å². The number of nitrogens with zero attached hydrogens (tertiary/aromatic N) is 3. The molecule has 0 saturated carbocycles. The van der Waals surface area contributed by atoms with Crippen molar-refractivity contribution in [1.29, 1.82) is 0 Å². The van der Waals surface area contributed by atoms with Gasteiger partial charge < -0.3 is 20.4 Å². The second-order valence-electron chi connectivity index (χ2n) is 8.82. The topological polar surface area (TPSA) is 112 Å². The summed E-state index contributed by atoms with van der Waals surface area (Å²) in [7, 11) is 1.64. The Balaban J connectivity index is 1.44. The van der Waals surface area contributed by atoms with E-state index in [4.69, 9.17) is 9.72 Å². The van der Waals surface area contributed by atoms with Gasteiger partial charge in [0, 0.05) is 45.1 Å². The molecule has 0 unspecified atom stereocenters. The van der Waals surface area contributed by atoms with Crippen LogP contribution < -0.4 is 10.6 Å². The summed E-state index contributed by atoms with van der Waals surface area (Å²) in [4.78, 5) is 38.8. The number of aromatic nitrogens is 3. The third-order valence-electron chi connectivity index (χ3n) is 6.30. The van der Waals surface area contributed by atoms with Gasteiger partial charge in [0.25, 0.3) is 5.91 Å². The molecule has 0 saturated heterocycles. The van der Waals surface area contributed by atoms with Crippen LogP contribution in [0.1, 0.15) is 23.0 Å². The molecule has 0 atom stereocenters. The number of hydrogen-bond acceptors (Lipinski definition) is 6. The molecular formula is C29H28N6O3.